The molecule has 1 aromatic rings. The van der Waals surface area contributed by atoms with E-state index in [2.05, 4.69) is 20.8 Å². The highest BCUT2D eigenvalue weighted by Gasteiger charge is 2.21. The van der Waals surface area contributed by atoms with Gasteiger partial charge in [-0.05, 0) is 32.0 Å². The van der Waals surface area contributed by atoms with Crippen molar-refractivity contribution in [3.8, 4) is 0 Å². The van der Waals surface area contributed by atoms with Gasteiger partial charge in [0.15, 0.2) is 5.11 Å². The van der Waals surface area contributed by atoms with Gasteiger partial charge in [-0.1, -0.05) is 0 Å². The summed E-state index contributed by atoms with van der Waals surface area (Å²) in [6, 6.07) is 0.612. The van der Waals surface area contributed by atoms with Crippen LogP contribution in [0.4, 0.5) is 0 Å². The van der Waals surface area contributed by atoms with Crippen molar-refractivity contribution < 1.29 is 0 Å². The third-order valence-electron chi connectivity index (χ3n) is 2.29. The molecule has 0 atom stereocenters. The maximum atomic E-state index is 5.13. The van der Waals surface area contributed by atoms with Crippen LogP contribution in [0.25, 0.3) is 0 Å². The minimum Gasteiger partial charge on any atom is -0.360 e. The summed E-state index contributed by atoms with van der Waals surface area (Å²) in [5.41, 5.74) is 2.25. The van der Waals surface area contributed by atoms with Crippen molar-refractivity contribution in [2.45, 2.75) is 32.4 Å². The Kier molecular flexibility index (Phi) is 2.67. The molecule has 0 amide bonds. The summed E-state index contributed by atoms with van der Waals surface area (Å²) < 4.78 is 0. The quantitative estimate of drug-likeness (QED) is 0.647. The average molecular weight is 210 g/mol. The summed E-state index contributed by atoms with van der Waals surface area (Å²) in [6.07, 6.45) is 4.31. The zero-order valence-electron chi connectivity index (χ0n) is 8.13. The second kappa shape index (κ2) is 3.96. The van der Waals surface area contributed by atoms with E-state index in [0.29, 0.717) is 6.04 Å². The van der Waals surface area contributed by atoms with E-state index in [0.717, 1.165) is 22.9 Å². The minimum atomic E-state index is 0.612. The molecule has 5 heteroatoms. The highest BCUT2D eigenvalue weighted by atomic mass is 32.1. The molecule has 4 nitrogen and oxygen atoms in total. The van der Waals surface area contributed by atoms with Crippen LogP contribution in [-0.2, 0) is 6.54 Å². The van der Waals surface area contributed by atoms with E-state index in [4.69, 9.17) is 12.2 Å². The van der Waals surface area contributed by atoms with Crippen LogP contribution >= 0.6 is 12.2 Å². The van der Waals surface area contributed by atoms with Gasteiger partial charge in [0.1, 0.15) is 0 Å². The molecule has 2 rings (SSSR count). The molecule has 0 unspecified atom stereocenters. The maximum Gasteiger partial charge on any atom is 0.166 e. The van der Waals surface area contributed by atoms with Crippen LogP contribution in [0.15, 0.2) is 6.20 Å². The number of H-pyrrole nitrogens is 1. The molecular weight excluding hydrogens is 196 g/mol. The molecule has 0 bridgehead atoms. The van der Waals surface area contributed by atoms with Crippen molar-refractivity contribution in [3.05, 3.63) is 17.5 Å². The molecule has 14 heavy (non-hydrogen) atoms. The number of aromatic nitrogens is 2. The Morgan fingerprint density at radius 1 is 1.71 bits per heavy atom. The number of hydrogen-bond donors (Lipinski definition) is 3. The average Bonchev–Trinajstić information content (AvgIpc) is 2.86. The van der Waals surface area contributed by atoms with Crippen LogP contribution in [0.5, 0.6) is 0 Å². The summed E-state index contributed by atoms with van der Waals surface area (Å²) >= 11 is 5.13. The fraction of sp³-hybridized carbons (Fsp3) is 0.556. The first-order valence-corrected chi connectivity index (χ1v) is 5.20. The predicted molar refractivity (Wildman–Crippen MR) is 58.9 cm³/mol. The zero-order valence-corrected chi connectivity index (χ0v) is 8.95. The largest absolute Gasteiger partial charge is 0.360 e. The van der Waals surface area contributed by atoms with Crippen LogP contribution in [0, 0.1) is 6.92 Å². The van der Waals surface area contributed by atoms with Gasteiger partial charge in [-0.2, -0.15) is 5.10 Å². The molecule has 0 spiro atoms. The van der Waals surface area contributed by atoms with Gasteiger partial charge in [-0.3, -0.25) is 5.10 Å². The molecule has 0 radical (unpaired) electrons. The summed E-state index contributed by atoms with van der Waals surface area (Å²) in [4.78, 5) is 0. The zero-order chi connectivity index (χ0) is 9.97. The van der Waals surface area contributed by atoms with Crippen LogP contribution in [0.2, 0.25) is 0 Å². The van der Waals surface area contributed by atoms with Crippen molar-refractivity contribution in [1.82, 2.24) is 20.8 Å². The van der Waals surface area contributed by atoms with Gasteiger partial charge in [0, 0.05) is 23.8 Å². The van der Waals surface area contributed by atoms with Gasteiger partial charge in [0.25, 0.3) is 0 Å². The number of rotatable bonds is 3. The second-order valence-corrected chi connectivity index (χ2v) is 4.03. The van der Waals surface area contributed by atoms with E-state index in [-0.39, 0.29) is 0 Å². The van der Waals surface area contributed by atoms with Crippen molar-refractivity contribution >= 4 is 17.3 Å². The normalized spacial score (nSPS) is 15.2. The summed E-state index contributed by atoms with van der Waals surface area (Å²) in [5.74, 6) is 0. The Morgan fingerprint density at radius 3 is 3.07 bits per heavy atom. The van der Waals surface area contributed by atoms with Gasteiger partial charge in [0.05, 0.1) is 6.20 Å². The lowest BCUT2D eigenvalue weighted by Gasteiger charge is -2.08. The Balaban J connectivity index is 1.76. The van der Waals surface area contributed by atoms with Gasteiger partial charge in [0.2, 0.25) is 0 Å². The first-order chi connectivity index (χ1) is 6.75. The van der Waals surface area contributed by atoms with E-state index in [1.54, 1.807) is 0 Å². The number of nitrogens with one attached hydrogen (secondary N) is 3. The van der Waals surface area contributed by atoms with Crippen LogP contribution in [0.3, 0.4) is 0 Å². The molecule has 1 aliphatic rings. The summed E-state index contributed by atoms with van der Waals surface area (Å²) in [7, 11) is 0. The Morgan fingerprint density at radius 2 is 2.50 bits per heavy atom. The number of aryl methyl sites for hydroxylation is 1. The summed E-state index contributed by atoms with van der Waals surface area (Å²) in [6.45, 7) is 2.74. The topological polar surface area (TPSA) is 52.7 Å². The SMILES string of the molecule is Cc1[nH]ncc1CNC(=S)NC1CC1. The smallest absolute Gasteiger partial charge is 0.166 e. The third kappa shape index (κ3) is 2.45. The first kappa shape index (κ1) is 9.45. The Hall–Kier alpha value is -1.10. The van der Waals surface area contributed by atoms with Crippen molar-refractivity contribution in [3.63, 3.8) is 0 Å². The third-order valence-corrected chi connectivity index (χ3v) is 2.55. The molecule has 1 heterocycles. The van der Waals surface area contributed by atoms with E-state index in [9.17, 15) is 0 Å². The molecule has 76 valence electrons. The fourth-order valence-electron chi connectivity index (χ4n) is 1.19. The molecule has 0 saturated heterocycles. The van der Waals surface area contributed by atoms with Crippen LogP contribution in [-0.4, -0.2) is 21.4 Å². The van der Waals surface area contributed by atoms with Gasteiger partial charge >= 0.3 is 0 Å². The van der Waals surface area contributed by atoms with Crippen molar-refractivity contribution in [2.24, 2.45) is 0 Å². The number of aromatic amines is 1. The van der Waals surface area contributed by atoms with Gasteiger partial charge in [-0.25, -0.2) is 0 Å². The number of nitrogens with zero attached hydrogens (tertiary/aromatic N) is 1. The molecule has 1 aliphatic carbocycles. The molecule has 3 N–H and O–H groups in total. The highest BCUT2D eigenvalue weighted by molar-refractivity contribution is 7.80. The van der Waals surface area contributed by atoms with Crippen LogP contribution in [0.1, 0.15) is 24.1 Å². The van der Waals surface area contributed by atoms with E-state index in [1.807, 2.05) is 13.1 Å². The first-order valence-electron chi connectivity index (χ1n) is 4.79. The number of hydrogen-bond acceptors (Lipinski definition) is 2. The molecule has 1 fully saturated rings. The lowest BCUT2D eigenvalue weighted by atomic mass is 10.3. The van der Waals surface area contributed by atoms with Gasteiger partial charge < -0.3 is 10.6 Å². The lowest BCUT2D eigenvalue weighted by Crippen LogP contribution is -2.36. The van der Waals surface area contributed by atoms with E-state index < -0.39 is 0 Å². The Bertz CT molecular complexity index is 329. The van der Waals surface area contributed by atoms with Crippen molar-refractivity contribution in [1.29, 1.82) is 0 Å². The summed E-state index contributed by atoms with van der Waals surface area (Å²) in [5, 5.41) is 14.0. The standard InChI is InChI=1S/C9H14N4S/c1-6-7(5-11-13-6)4-10-9(14)12-8-2-3-8/h5,8H,2-4H2,1H3,(H,11,13)(H2,10,12,14). The van der Waals surface area contributed by atoms with E-state index in [1.165, 1.54) is 12.8 Å². The highest BCUT2D eigenvalue weighted by Crippen LogP contribution is 2.18. The minimum absolute atomic E-state index is 0.612. The number of thiocarbonyl (C=S) groups is 1. The molecular formula is C9H14N4S. The molecule has 1 saturated carbocycles. The van der Waals surface area contributed by atoms with E-state index >= 15 is 0 Å². The molecule has 0 aromatic carbocycles. The van der Waals surface area contributed by atoms with Crippen LogP contribution < -0.4 is 10.6 Å². The fourth-order valence-corrected chi connectivity index (χ4v) is 1.43. The monoisotopic (exact) mass is 210 g/mol. The maximum absolute atomic E-state index is 5.13. The lowest BCUT2D eigenvalue weighted by molar-refractivity contribution is 0.826. The molecule has 1 aromatic heterocycles. The predicted octanol–water partition coefficient (Wildman–Crippen LogP) is 0.845. The van der Waals surface area contributed by atoms with Crippen molar-refractivity contribution in [2.75, 3.05) is 0 Å². The second-order valence-electron chi connectivity index (χ2n) is 3.62. The molecule has 0 aliphatic heterocycles. The Labute approximate surface area is 88.5 Å². The van der Waals surface area contributed by atoms with Gasteiger partial charge in [-0.15, -0.1) is 0 Å².